The van der Waals surface area contributed by atoms with Gasteiger partial charge in [0.15, 0.2) is 0 Å². The molecule has 0 unspecified atom stereocenters. The van der Waals surface area contributed by atoms with Crippen molar-refractivity contribution in [3.8, 4) is 11.5 Å². The normalized spacial score (nSPS) is 11.3. The van der Waals surface area contributed by atoms with Crippen LogP contribution in [0.2, 0.25) is 0 Å². The minimum absolute atomic E-state index is 0.228. The van der Waals surface area contributed by atoms with Crippen LogP contribution in [0, 0.1) is 0 Å². The molecule has 1 aromatic carbocycles. The minimum atomic E-state index is -0.250. The van der Waals surface area contributed by atoms with Crippen LogP contribution in [0.5, 0.6) is 11.5 Å². The number of rotatable bonds is 8. The number of carbonyl (C=O) groups is 1. The molecule has 0 radical (unpaired) electrons. The Morgan fingerprint density at radius 2 is 2.00 bits per heavy atom. The van der Waals surface area contributed by atoms with Crippen LogP contribution in [0.3, 0.4) is 0 Å². The number of nitrogens with zero attached hydrogens (tertiary/aromatic N) is 1. The third-order valence-electron chi connectivity index (χ3n) is 3.63. The molecule has 0 spiro atoms. The maximum atomic E-state index is 12.1. The first-order valence-corrected chi connectivity index (χ1v) is 8.05. The summed E-state index contributed by atoms with van der Waals surface area (Å²) >= 11 is 0. The fraction of sp³-hybridized carbons (Fsp3) is 0.333. The van der Waals surface area contributed by atoms with Crippen molar-refractivity contribution in [2.24, 2.45) is 0 Å². The van der Waals surface area contributed by atoms with Gasteiger partial charge in [0.2, 0.25) is 0 Å². The molecule has 7 nitrogen and oxygen atoms in total. The number of carbonyl (C=O) groups excluding carboxylic acids is 1. The highest BCUT2D eigenvalue weighted by Gasteiger charge is 2.15. The van der Waals surface area contributed by atoms with E-state index in [2.05, 4.69) is 20.9 Å². The zero-order valence-electron chi connectivity index (χ0n) is 14.7. The van der Waals surface area contributed by atoms with Gasteiger partial charge in [-0.25, -0.2) is 9.78 Å². The van der Waals surface area contributed by atoms with Crippen molar-refractivity contribution in [3.63, 3.8) is 0 Å². The fourth-order valence-electron chi connectivity index (χ4n) is 2.34. The summed E-state index contributed by atoms with van der Waals surface area (Å²) in [4.78, 5) is 16.2. The van der Waals surface area contributed by atoms with Crippen LogP contribution in [0.4, 0.5) is 10.6 Å². The molecule has 1 aromatic heterocycles. The number of benzene rings is 1. The lowest BCUT2D eigenvalue weighted by Crippen LogP contribution is -2.39. The smallest absolute Gasteiger partial charge is 0.315 e. The van der Waals surface area contributed by atoms with Crippen molar-refractivity contribution >= 4 is 11.8 Å². The van der Waals surface area contributed by atoms with Gasteiger partial charge in [-0.2, -0.15) is 0 Å². The van der Waals surface area contributed by atoms with Crippen LogP contribution in [-0.2, 0) is 0 Å². The minimum Gasteiger partial charge on any atom is -0.497 e. The quantitative estimate of drug-likeness (QED) is 0.641. The van der Waals surface area contributed by atoms with Gasteiger partial charge in [0.1, 0.15) is 17.3 Å². The second kappa shape index (κ2) is 9.36. The molecule has 25 heavy (non-hydrogen) atoms. The topological polar surface area (TPSA) is 84.5 Å². The highest BCUT2D eigenvalue weighted by Crippen LogP contribution is 2.29. The first kappa shape index (κ1) is 18.4. The Bertz CT molecular complexity index is 679. The summed E-state index contributed by atoms with van der Waals surface area (Å²) in [5.41, 5.74) is 0.851. The molecule has 7 heteroatoms. The average Bonchev–Trinajstić information content (AvgIpc) is 2.65. The lowest BCUT2D eigenvalue weighted by molar-refractivity contribution is 0.238. The van der Waals surface area contributed by atoms with Gasteiger partial charge in [0, 0.05) is 24.8 Å². The molecular weight excluding hydrogens is 320 g/mol. The molecule has 2 amide bonds. The largest absolute Gasteiger partial charge is 0.497 e. The molecule has 3 N–H and O–H groups in total. The molecule has 0 fully saturated rings. The Morgan fingerprint density at radius 3 is 2.68 bits per heavy atom. The van der Waals surface area contributed by atoms with E-state index in [0.717, 1.165) is 11.4 Å². The summed E-state index contributed by atoms with van der Waals surface area (Å²) < 4.78 is 10.6. The highest BCUT2D eigenvalue weighted by molar-refractivity contribution is 5.74. The van der Waals surface area contributed by atoms with Crippen LogP contribution in [-0.4, -0.2) is 38.3 Å². The molecule has 1 heterocycles. The molecule has 0 saturated heterocycles. The average molecular weight is 344 g/mol. The Labute approximate surface area is 147 Å². The molecule has 0 aliphatic carbocycles. The summed E-state index contributed by atoms with van der Waals surface area (Å²) in [6, 6.07) is 10.6. The molecule has 2 aromatic rings. The van der Waals surface area contributed by atoms with Crippen LogP contribution >= 0.6 is 0 Å². The van der Waals surface area contributed by atoms with Gasteiger partial charge in [-0.3, -0.25) is 0 Å². The van der Waals surface area contributed by atoms with E-state index in [9.17, 15) is 4.79 Å². The second-order valence-corrected chi connectivity index (χ2v) is 5.37. The molecular formula is C18H24N4O3. The molecule has 0 bridgehead atoms. The van der Waals surface area contributed by atoms with Crippen LogP contribution in [0.25, 0.3) is 0 Å². The van der Waals surface area contributed by atoms with E-state index in [-0.39, 0.29) is 12.1 Å². The molecule has 1 atom stereocenters. The number of nitrogens with one attached hydrogen (secondary N) is 3. The number of hydrogen-bond acceptors (Lipinski definition) is 5. The van der Waals surface area contributed by atoms with E-state index < -0.39 is 0 Å². The Balaban J connectivity index is 1.81. The van der Waals surface area contributed by atoms with Crippen molar-refractivity contribution in [1.29, 1.82) is 0 Å². The molecule has 0 saturated carbocycles. The van der Waals surface area contributed by atoms with Gasteiger partial charge in [-0.05, 0) is 37.3 Å². The number of hydrogen-bond donors (Lipinski definition) is 3. The number of amides is 2. The monoisotopic (exact) mass is 344 g/mol. The lowest BCUT2D eigenvalue weighted by Gasteiger charge is -2.18. The summed E-state index contributed by atoms with van der Waals surface area (Å²) in [7, 11) is 3.20. The predicted molar refractivity (Wildman–Crippen MR) is 97.2 cm³/mol. The maximum absolute atomic E-state index is 12.1. The van der Waals surface area contributed by atoms with Crippen LogP contribution in [0.15, 0.2) is 42.6 Å². The van der Waals surface area contributed by atoms with E-state index in [1.807, 2.05) is 43.3 Å². The molecule has 0 aliphatic rings. The van der Waals surface area contributed by atoms with Gasteiger partial charge in [-0.1, -0.05) is 6.07 Å². The van der Waals surface area contributed by atoms with E-state index in [0.29, 0.717) is 24.6 Å². The van der Waals surface area contributed by atoms with Gasteiger partial charge in [-0.15, -0.1) is 0 Å². The molecule has 0 aliphatic heterocycles. The summed E-state index contributed by atoms with van der Waals surface area (Å²) in [5.74, 6) is 2.19. The Kier molecular flexibility index (Phi) is 6.88. The number of ether oxygens (including phenoxy) is 2. The van der Waals surface area contributed by atoms with Crippen molar-refractivity contribution in [3.05, 3.63) is 48.2 Å². The number of aromatic nitrogens is 1. The second-order valence-electron chi connectivity index (χ2n) is 5.37. The van der Waals surface area contributed by atoms with E-state index in [1.165, 1.54) is 0 Å². The Morgan fingerprint density at radius 1 is 1.16 bits per heavy atom. The van der Waals surface area contributed by atoms with Crippen LogP contribution in [0.1, 0.15) is 18.5 Å². The van der Waals surface area contributed by atoms with Crippen LogP contribution < -0.4 is 25.4 Å². The van der Waals surface area contributed by atoms with Crippen molar-refractivity contribution < 1.29 is 14.3 Å². The third kappa shape index (κ3) is 5.56. The van der Waals surface area contributed by atoms with Crippen molar-refractivity contribution in [2.45, 2.75) is 13.0 Å². The van der Waals surface area contributed by atoms with E-state index in [1.54, 1.807) is 20.4 Å². The van der Waals surface area contributed by atoms with Gasteiger partial charge < -0.3 is 25.4 Å². The zero-order chi connectivity index (χ0) is 18.1. The summed E-state index contributed by atoms with van der Waals surface area (Å²) in [6.45, 7) is 2.95. The molecule has 134 valence electrons. The van der Waals surface area contributed by atoms with Gasteiger partial charge in [0.25, 0.3) is 0 Å². The summed E-state index contributed by atoms with van der Waals surface area (Å²) in [6.07, 6.45) is 1.71. The predicted octanol–water partition coefficient (Wildman–Crippen LogP) is 2.57. The number of methoxy groups -OCH3 is 2. The highest BCUT2D eigenvalue weighted by atomic mass is 16.5. The number of pyridine rings is 1. The standard InChI is InChI=1S/C18H24N4O3/c1-13(15-12-14(24-2)7-8-16(15)25-3)22-18(23)21-11-10-20-17-6-4-5-9-19-17/h4-9,12-13H,10-11H2,1-3H3,(H,19,20)(H2,21,22,23)/t13-/m1/s1. The van der Waals surface area contributed by atoms with Crippen molar-refractivity contribution in [1.82, 2.24) is 15.6 Å². The SMILES string of the molecule is COc1ccc(OC)c([C@@H](C)NC(=O)NCCNc2ccccn2)c1. The lowest BCUT2D eigenvalue weighted by atomic mass is 10.1. The molecule has 2 rings (SSSR count). The first-order chi connectivity index (χ1) is 12.1. The first-order valence-electron chi connectivity index (χ1n) is 8.05. The van der Waals surface area contributed by atoms with E-state index in [4.69, 9.17) is 9.47 Å². The zero-order valence-corrected chi connectivity index (χ0v) is 14.7. The Hall–Kier alpha value is -2.96. The number of urea groups is 1. The fourth-order valence-corrected chi connectivity index (χ4v) is 2.34. The third-order valence-corrected chi connectivity index (χ3v) is 3.63. The number of anilines is 1. The van der Waals surface area contributed by atoms with Gasteiger partial charge >= 0.3 is 6.03 Å². The van der Waals surface area contributed by atoms with E-state index >= 15 is 0 Å². The van der Waals surface area contributed by atoms with Crippen molar-refractivity contribution in [2.75, 3.05) is 32.6 Å². The summed E-state index contributed by atoms with van der Waals surface area (Å²) in [5, 5.41) is 8.83. The maximum Gasteiger partial charge on any atom is 0.315 e. The van der Waals surface area contributed by atoms with Gasteiger partial charge in [0.05, 0.1) is 20.3 Å².